The van der Waals surface area contributed by atoms with Crippen LogP contribution in [0, 0.1) is 0 Å². The molecule has 0 aliphatic heterocycles. The Labute approximate surface area is 99.6 Å². The zero-order chi connectivity index (χ0) is 12.4. The quantitative estimate of drug-likeness (QED) is 0.743. The van der Waals surface area contributed by atoms with Crippen LogP contribution in [0.4, 0.5) is 0 Å². The van der Waals surface area contributed by atoms with E-state index in [0.29, 0.717) is 5.56 Å². The Hall–Kier alpha value is -2.16. The summed E-state index contributed by atoms with van der Waals surface area (Å²) >= 11 is 0. The molecule has 0 amide bonds. The van der Waals surface area contributed by atoms with Crippen LogP contribution in [-0.2, 0) is 6.42 Å². The number of hydrogen-bond donors (Lipinski definition) is 3. The van der Waals surface area contributed by atoms with E-state index in [1.807, 2.05) is 13.0 Å². The molecule has 2 aromatic rings. The molecule has 0 unspecified atom stereocenters. The van der Waals surface area contributed by atoms with Crippen LogP contribution in [-0.4, -0.2) is 15.3 Å². The van der Waals surface area contributed by atoms with Gasteiger partial charge in [-0.3, -0.25) is 0 Å². The van der Waals surface area contributed by atoms with Crippen LogP contribution in [0.5, 0.6) is 17.2 Å². The lowest BCUT2D eigenvalue weighted by molar-refractivity contribution is 0.451. The number of aromatic hydroxyl groups is 3. The van der Waals surface area contributed by atoms with Gasteiger partial charge in [-0.1, -0.05) is 13.0 Å². The lowest BCUT2D eigenvalue weighted by Gasteiger charge is -2.08. The monoisotopic (exact) mass is 230 g/mol. The molecule has 0 saturated carbocycles. The molecule has 0 bridgehead atoms. The van der Waals surface area contributed by atoms with Crippen molar-refractivity contribution in [1.29, 1.82) is 0 Å². The molecule has 2 aromatic carbocycles. The normalized spacial score (nSPS) is 10.4. The maximum Gasteiger partial charge on any atom is 0.127 e. The van der Waals surface area contributed by atoms with Crippen molar-refractivity contribution < 1.29 is 15.3 Å². The van der Waals surface area contributed by atoms with Crippen LogP contribution >= 0.6 is 0 Å². The number of phenols is 3. The summed E-state index contributed by atoms with van der Waals surface area (Å²) in [4.78, 5) is 0. The van der Waals surface area contributed by atoms with Gasteiger partial charge >= 0.3 is 0 Å². The van der Waals surface area contributed by atoms with E-state index < -0.39 is 0 Å². The third-order valence-electron chi connectivity index (χ3n) is 2.75. The minimum absolute atomic E-state index is 0.0257. The molecular formula is C14H14O3. The number of phenolic OH excluding ortho intramolecular Hbond substituents is 3. The summed E-state index contributed by atoms with van der Waals surface area (Å²) in [6, 6.07) is 9.65. The Kier molecular flexibility index (Phi) is 2.91. The number of rotatable bonds is 2. The maximum atomic E-state index is 9.76. The van der Waals surface area contributed by atoms with E-state index in [9.17, 15) is 15.3 Å². The fourth-order valence-electron chi connectivity index (χ4n) is 1.80. The van der Waals surface area contributed by atoms with Crippen molar-refractivity contribution >= 4 is 0 Å². The average Bonchev–Trinajstić information content (AvgIpc) is 2.30. The second-order valence-electron chi connectivity index (χ2n) is 3.90. The molecule has 3 heteroatoms. The van der Waals surface area contributed by atoms with Gasteiger partial charge in [-0.05, 0) is 41.8 Å². The molecule has 88 valence electrons. The van der Waals surface area contributed by atoms with Gasteiger partial charge in [0.2, 0.25) is 0 Å². The molecule has 0 radical (unpaired) electrons. The van der Waals surface area contributed by atoms with Crippen molar-refractivity contribution in [3.63, 3.8) is 0 Å². The van der Waals surface area contributed by atoms with Gasteiger partial charge in [0.15, 0.2) is 0 Å². The largest absolute Gasteiger partial charge is 0.508 e. The molecule has 0 fully saturated rings. The zero-order valence-corrected chi connectivity index (χ0v) is 9.51. The second kappa shape index (κ2) is 4.37. The fourth-order valence-corrected chi connectivity index (χ4v) is 1.80. The number of aryl methyl sites for hydroxylation is 1. The van der Waals surface area contributed by atoms with Gasteiger partial charge in [0.1, 0.15) is 17.2 Å². The summed E-state index contributed by atoms with van der Waals surface area (Å²) < 4.78 is 0. The first-order valence-corrected chi connectivity index (χ1v) is 5.46. The van der Waals surface area contributed by atoms with Crippen molar-refractivity contribution in [2.45, 2.75) is 13.3 Å². The summed E-state index contributed by atoms with van der Waals surface area (Å²) in [5.74, 6) is 0.313. The van der Waals surface area contributed by atoms with Crippen LogP contribution < -0.4 is 0 Å². The molecule has 17 heavy (non-hydrogen) atoms. The van der Waals surface area contributed by atoms with Crippen molar-refractivity contribution in [3.8, 4) is 28.4 Å². The van der Waals surface area contributed by atoms with Gasteiger partial charge in [0.25, 0.3) is 0 Å². The van der Waals surface area contributed by atoms with Crippen molar-refractivity contribution in [2.24, 2.45) is 0 Å². The molecule has 3 N–H and O–H groups in total. The van der Waals surface area contributed by atoms with Crippen molar-refractivity contribution in [3.05, 3.63) is 42.0 Å². The summed E-state index contributed by atoms with van der Waals surface area (Å²) in [6.45, 7) is 1.95. The van der Waals surface area contributed by atoms with Gasteiger partial charge in [0, 0.05) is 11.6 Å². The van der Waals surface area contributed by atoms with E-state index in [1.54, 1.807) is 18.2 Å². The molecular weight excluding hydrogens is 216 g/mol. The molecule has 2 rings (SSSR count). The topological polar surface area (TPSA) is 60.7 Å². The number of benzene rings is 2. The predicted octanol–water partition coefficient (Wildman–Crippen LogP) is 3.03. The zero-order valence-electron chi connectivity index (χ0n) is 9.51. The summed E-state index contributed by atoms with van der Waals surface area (Å²) in [5.41, 5.74) is 2.28. The smallest absolute Gasteiger partial charge is 0.127 e. The van der Waals surface area contributed by atoms with Gasteiger partial charge < -0.3 is 15.3 Å². The lowest BCUT2D eigenvalue weighted by Crippen LogP contribution is -1.85. The molecule has 0 heterocycles. The lowest BCUT2D eigenvalue weighted by atomic mass is 10.0. The third kappa shape index (κ3) is 2.18. The van der Waals surface area contributed by atoms with Gasteiger partial charge in [-0.25, -0.2) is 0 Å². The van der Waals surface area contributed by atoms with E-state index >= 15 is 0 Å². The molecule has 0 saturated heterocycles. The predicted molar refractivity (Wildman–Crippen MR) is 66.3 cm³/mol. The Bertz CT molecular complexity index is 547. The van der Waals surface area contributed by atoms with E-state index in [4.69, 9.17) is 0 Å². The van der Waals surface area contributed by atoms with E-state index in [2.05, 4.69) is 0 Å². The molecule has 0 spiro atoms. The maximum absolute atomic E-state index is 9.76. The van der Waals surface area contributed by atoms with E-state index in [0.717, 1.165) is 17.5 Å². The first-order chi connectivity index (χ1) is 8.11. The highest BCUT2D eigenvalue weighted by molar-refractivity contribution is 5.72. The van der Waals surface area contributed by atoms with Gasteiger partial charge in [0.05, 0.1) is 0 Å². The molecule has 0 aliphatic rings. The Morgan fingerprint density at radius 1 is 0.882 bits per heavy atom. The Balaban J connectivity index is 2.53. The van der Waals surface area contributed by atoms with Crippen LogP contribution in [0.15, 0.2) is 36.4 Å². The Morgan fingerprint density at radius 2 is 1.65 bits per heavy atom. The van der Waals surface area contributed by atoms with Crippen LogP contribution in [0.1, 0.15) is 12.5 Å². The van der Waals surface area contributed by atoms with Gasteiger partial charge in [-0.2, -0.15) is 0 Å². The minimum Gasteiger partial charge on any atom is -0.508 e. The van der Waals surface area contributed by atoms with Gasteiger partial charge in [-0.15, -0.1) is 0 Å². The average molecular weight is 230 g/mol. The highest BCUT2D eigenvalue weighted by Gasteiger charge is 2.07. The van der Waals surface area contributed by atoms with Crippen LogP contribution in [0.25, 0.3) is 11.1 Å². The highest BCUT2D eigenvalue weighted by atomic mass is 16.3. The summed E-state index contributed by atoms with van der Waals surface area (Å²) in [5, 5.41) is 28.6. The fraction of sp³-hybridized carbons (Fsp3) is 0.143. The van der Waals surface area contributed by atoms with Crippen molar-refractivity contribution in [1.82, 2.24) is 0 Å². The van der Waals surface area contributed by atoms with Crippen molar-refractivity contribution in [2.75, 3.05) is 0 Å². The van der Waals surface area contributed by atoms with Crippen LogP contribution in [0.2, 0.25) is 0 Å². The molecule has 3 nitrogen and oxygen atoms in total. The highest BCUT2D eigenvalue weighted by Crippen LogP contribution is 2.34. The SMILES string of the molecule is CCc1cc(-c2ccc(O)cc2O)ccc1O. The first-order valence-electron chi connectivity index (χ1n) is 5.46. The minimum atomic E-state index is 0.0257. The summed E-state index contributed by atoms with van der Waals surface area (Å²) in [6.07, 6.45) is 0.721. The first kappa shape index (κ1) is 11.3. The molecule has 0 atom stereocenters. The Morgan fingerprint density at radius 3 is 2.29 bits per heavy atom. The molecule has 0 aromatic heterocycles. The van der Waals surface area contributed by atoms with Crippen LogP contribution in [0.3, 0.4) is 0 Å². The number of hydrogen-bond acceptors (Lipinski definition) is 3. The second-order valence-corrected chi connectivity index (χ2v) is 3.90. The van der Waals surface area contributed by atoms with E-state index in [-0.39, 0.29) is 17.2 Å². The summed E-state index contributed by atoms with van der Waals surface area (Å²) in [7, 11) is 0. The standard InChI is InChI=1S/C14H14O3/c1-2-9-7-10(3-6-13(9)16)12-5-4-11(15)8-14(12)17/h3-8,15-17H,2H2,1H3. The van der Waals surface area contributed by atoms with E-state index in [1.165, 1.54) is 12.1 Å². The third-order valence-corrected chi connectivity index (χ3v) is 2.75. The molecule has 0 aliphatic carbocycles.